The summed E-state index contributed by atoms with van der Waals surface area (Å²) in [5.74, 6) is -0.862. The fraction of sp³-hybridized carbons (Fsp3) is 0.235. The van der Waals surface area contributed by atoms with Crippen molar-refractivity contribution in [2.24, 2.45) is 5.10 Å². The Morgan fingerprint density at radius 3 is 2.00 bits per heavy atom. The number of ether oxygens (including phenoxy) is 1. The Hall–Kier alpha value is -2.33. The molecule has 0 saturated carbocycles. The summed E-state index contributed by atoms with van der Waals surface area (Å²) in [6.45, 7) is 5.83. The van der Waals surface area contributed by atoms with E-state index in [1.807, 2.05) is 62.4 Å². The molecule has 21 heavy (non-hydrogen) atoms. The lowest BCUT2D eigenvalue weighted by Gasteiger charge is -2.26. The number of nitrogens with zero attached hydrogens (tertiary/aromatic N) is 2. The molecule has 0 amide bonds. The van der Waals surface area contributed by atoms with Crippen LogP contribution in [-0.2, 0) is 10.6 Å². The summed E-state index contributed by atoms with van der Waals surface area (Å²) < 4.78 is 5.71. The molecule has 1 unspecified atom stereocenters. The number of rotatable bonds is 2. The third-order valence-electron chi connectivity index (χ3n) is 3.56. The normalized spacial score (nSPS) is 21.1. The first-order chi connectivity index (χ1) is 9.99. The van der Waals surface area contributed by atoms with Gasteiger partial charge in [0.25, 0.3) is 0 Å². The molecule has 0 aromatic heterocycles. The van der Waals surface area contributed by atoms with Crippen LogP contribution in [0.5, 0.6) is 0 Å². The van der Waals surface area contributed by atoms with Crippen LogP contribution in [-0.4, -0.2) is 11.0 Å². The van der Waals surface area contributed by atoms with Gasteiger partial charge in [0, 0.05) is 6.92 Å². The van der Waals surface area contributed by atoms with Crippen molar-refractivity contribution in [1.29, 1.82) is 0 Å². The molecule has 0 fully saturated rings. The summed E-state index contributed by atoms with van der Waals surface area (Å²) >= 11 is 0. The van der Waals surface area contributed by atoms with Crippen LogP contribution >= 0.6 is 0 Å². The van der Waals surface area contributed by atoms with Crippen molar-refractivity contribution in [2.75, 3.05) is 5.01 Å². The van der Waals surface area contributed by atoms with Crippen LogP contribution in [0.15, 0.2) is 53.6 Å². The van der Waals surface area contributed by atoms with Gasteiger partial charge in [0.2, 0.25) is 5.90 Å². The number of hydrazone groups is 1. The molecule has 0 radical (unpaired) electrons. The Balaban J connectivity index is 2.04. The molecule has 0 spiro atoms. The predicted octanol–water partition coefficient (Wildman–Crippen LogP) is 3.01. The second-order valence-corrected chi connectivity index (χ2v) is 5.38. The first kappa shape index (κ1) is 13.6. The van der Waals surface area contributed by atoms with Gasteiger partial charge in [-0.3, -0.25) is 0 Å². The molecule has 4 nitrogen and oxygen atoms in total. The number of benzene rings is 2. The maximum atomic E-state index is 8.76. The van der Waals surface area contributed by atoms with Crippen molar-refractivity contribution in [3.8, 4) is 0 Å². The van der Waals surface area contributed by atoms with Gasteiger partial charge in [-0.1, -0.05) is 35.4 Å². The number of aryl methyl sites for hydroxylation is 2. The molecular formula is C17H19N2O2+. The van der Waals surface area contributed by atoms with Gasteiger partial charge in [-0.2, -0.15) is 0 Å². The third-order valence-corrected chi connectivity index (χ3v) is 3.56. The molecule has 1 heterocycles. The SMILES string of the molecule is CC1=NN(c2ccc(C)cc2)C([OH2+])(c2ccc(C)cc2)O1. The van der Waals surface area contributed by atoms with Crippen molar-refractivity contribution in [3.63, 3.8) is 0 Å². The molecule has 1 aliphatic heterocycles. The van der Waals surface area contributed by atoms with Crippen LogP contribution in [0.25, 0.3) is 0 Å². The van der Waals surface area contributed by atoms with Crippen molar-refractivity contribution in [3.05, 3.63) is 65.2 Å². The largest absolute Gasteiger partial charge is 0.454 e. The molecular weight excluding hydrogens is 264 g/mol. The number of hydrogen-bond acceptors (Lipinski definition) is 3. The van der Waals surface area contributed by atoms with Gasteiger partial charge in [-0.05, 0) is 38.1 Å². The lowest BCUT2D eigenvalue weighted by atomic mass is 10.1. The summed E-state index contributed by atoms with van der Waals surface area (Å²) in [6, 6.07) is 15.7. The summed E-state index contributed by atoms with van der Waals surface area (Å²) in [5, 5.41) is 14.8. The molecule has 1 aliphatic rings. The first-order valence-corrected chi connectivity index (χ1v) is 6.92. The third kappa shape index (κ3) is 2.38. The Morgan fingerprint density at radius 2 is 1.43 bits per heavy atom. The van der Waals surface area contributed by atoms with Crippen molar-refractivity contribution in [1.82, 2.24) is 0 Å². The van der Waals surface area contributed by atoms with E-state index in [-0.39, 0.29) is 0 Å². The molecule has 108 valence electrons. The molecule has 2 aromatic rings. The second-order valence-electron chi connectivity index (χ2n) is 5.38. The quantitative estimate of drug-likeness (QED) is 0.795. The molecule has 4 heteroatoms. The lowest BCUT2D eigenvalue weighted by molar-refractivity contribution is -0.142. The molecule has 0 saturated heterocycles. The van der Waals surface area contributed by atoms with E-state index in [0.29, 0.717) is 5.90 Å². The van der Waals surface area contributed by atoms with E-state index in [1.54, 1.807) is 11.9 Å². The first-order valence-electron chi connectivity index (χ1n) is 6.92. The zero-order chi connectivity index (χ0) is 15.0. The zero-order valence-corrected chi connectivity index (χ0v) is 12.4. The highest BCUT2D eigenvalue weighted by molar-refractivity contribution is 5.78. The molecule has 2 N–H and O–H groups in total. The standard InChI is InChI=1S/C17H18N2O2/c1-12-4-8-15(9-5-12)17(20)19(18-14(3)21-17)16-10-6-13(2)7-11-16/h4-11,20H,1-3H3/p+1. The molecule has 1 atom stereocenters. The number of hydrogen-bond donors (Lipinski definition) is 0. The summed E-state index contributed by atoms with van der Waals surface area (Å²) in [4.78, 5) is 0. The van der Waals surface area contributed by atoms with E-state index in [0.717, 1.165) is 16.8 Å². The van der Waals surface area contributed by atoms with E-state index in [1.165, 1.54) is 5.56 Å². The van der Waals surface area contributed by atoms with E-state index in [4.69, 9.17) is 9.84 Å². The highest BCUT2D eigenvalue weighted by Gasteiger charge is 2.50. The van der Waals surface area contributed by atoms with Crippen LogP contribution in [0.2, 0.25) is 0 Å². The summed E-state index contributed by atoms with van der Waals surface area (Å²) in [6.07, 6.45) is 0. The van der Waals surface area contributed by atoms with Crippen LogP contribution in [0.3, 0.4) is 0 Å². The van der Waals surface area contributed by atoms with Crippen molar-refractivity contribution in [2.45, 2.75) is 26.7 Å². The monoisotopic (exact) mass is 283 g/mol. The zero-order valence-electron chi connectivity index (χ0n) is 12.4. The number of anilines is 1. The van der Waals surface area contributed by atoms with Gasteiger partial charge >= 0.3 is 5.91 Å². The Labute approximate surface area is 124 Å². The smallest absolute Gasteiger partial charge is 0.386 e. The highest BCUT2D eigenvalue weighted by atomic mass is 16.7. The van der Waals surface area contributed by atoms with Crippen LogP contribution in [0.1, 0.15) is 23.6 Å². The average Bonchev–Trinajstić information content (AvgIpc) is 2.76. The van der Waals surface area contributed by atoms with Gasteiger partial charge in [0.05, 0.1) is 5.69 Å². The van der Waals surface area contributed by atoms with Gasteiger partial charge in [0.15, 0.2) is 0 Å². The molecule has 3 rings (SSSR count). The van der Waals surface area contributed by atoms with Crippen LogP contribution < -0.4 is 5.01 Å². The van der Waals surface area contributed by atoms with E-state index in [9.17, 15) is 0 Å². The fourth-order valence-corrected chi connectivity index (χ4v) is 2.37. The Morgan fingerprint density at radius 1 is 0.905 bits per heavy atom. The van der Waals surface area contributed by atoms with Gasteiger partial charge in [0.1, 0.15) is 5.56 Å². The van der Waals surface area contributed by atoms with Gasteiger partial charge < -0.3 is 9.84 Å². The van der Waals surface area contributed by atoms with Gasteiger partial charge in [-0.15, -0.1) is 10.1 Å². The van der Waals surface area contributed by atoms with E-state index in [2.05, 4.69) is 5.10 Å². The van der Waals surface area contributed by atoms with Gasteiger partial charge in [-0.25, -0.2) is 0 Å². The topological polar surface area (TPSA) is 47.7 Å². The minimum absolute atomic E-state index is 0.492. The Kier molecular flexibility index (Phi) is 3.18. The second kappa shape index (κ2) is 4.90. The maximum absolute atomic E-state index is 8.76. The molecule has 0 aliphatic carbocycles. The minimum Gasteiger partial charge on any atom is -0.386 e. The predicted molar refractivity (Wildman–Crippen MR) is 84.3 cm³/mol. The molecule has 2 aromatic carbocycles. The van der Waals surface area contributed by atoms with E-state index < -0.39 is 5.91 Å². The summed E-state index contributed by atoms with van der Waals surface area (Å²) in [7, 11) is 0. The highest BCUT2D eigenvalue weighted by Crippen LogP contribution is 2.36. The van der Waals surface area contributed by atoms with E-state index >= 15 is 0 Å². The summed E-state index contributed by atoms with van der Waals surface area (Å²) in [5.41, 5.74) is 3.92. The van der Waals surface area contributed by atoms with Crippen molar-refractivity contribution < 1.29 is 9.84 Å². The average molecular weight is 283 g/mol. The Bertz CT molecular complexity index is 677. The lowest BCUT2D eigenvalue weighted by Crippen LogP contribution is -2.41. The molecule has 0 bridgehead atoms. The van der Waals surface area contributed by atoms with Crippen molar-refractivity contribution >= 4 is 11.6 Å². The fourth-order valence-electron chi connectivity index (χ4n) is 2.37. The van der Waals surface area contributed by atoms with Crippen LogP contribution in [0.4, 0.5) is 5.69 Å². The van der Waals surface area contributed by atoms with Crippen LogP contribution in [0, 0.1) is 13.8 Å². The maximum Gasteiger partial charge on any atom is 0.454 e. The minimum atomic E-state index is -1.35.